The number of anilines is 1. The monoisotopic (exact) mass is 414 g/mol. The van der Waals surface area contributed by atoms with E-state index in [-0.39, 0.29) is 14.2 Å². The molecule has 2 aromatic rings. The maximum atomic E-state index is 13.5. The van der Waals surface area contributed by atoms with Crippen LogP contribution in [0, 0.1) is 15.9 Å². The van der Waals surface area contributed by atoms with Gasteiger partial charge in [-0.25, -0.2) is 12.8 Å². The topological polar surface area (TPSA) is 89.3 Å². The Kier molecular flexibility index (Phi) is 4.51. The van der Waals surface area contributed by atoms with Crippen LogP contribution in [0.15, 0.2) is 32.9 Å². The summed E-state index contributed by atoms with van der Waals surface area (Å²) < 4.78 is 39.6. The predicted octanol–water partition coefficient (Wildman–Crippen LogP) is 4.01. The highest BCUT2D eigenvalue weighted by atomic mass is 79.9. The van der Waals surface area contributed by atoms with Crippen molar-refractivity contribution in [3.05, 3.63) is 49.0 Å². The van der Waals surface area contributed by atoms with E-state index in [1.165, 1.54) is 12.1 Å². The van der Waals surface area contributed by atoms with Crippen LogP contribution in [0.1, 0.15) is 0 Å². The lowest BCUT2D eigenvalue weighted by molar-refractivity contribution is -0.384. The van der Waals surface area contributed by atoms with Crippen LogP contribution in [0.4, 0.5) is 15.8 Å². The molecule has 0 aliphatic carbocycles. The zero-order valence-corrected chi connectivity index (χ0v) is 13.8. The number of hydrogen-bond donors (Lipinski definition) is 1. The number of nitrogens with zero attached hydrogens (tertiary/aromatic N) is 1. The van der Waals surface area contributed by atoms with E-state index in [4.69, 9.17) is 11.6 Å². The molecule has 1 aromatic carbocycles. The fourth-order valence-corrected chi connectivity index (χ4v) is 4.45. The average Bonchev–Trinajstić information content (AvgIpc) is 2.77. The van der Waals surface area contributed by atoms with Gasteiger partial charge in [0.05, 0.1) is 10.6 Å². The van der Waals surface area contributed by atoms with Gasteiger partial charge in [0.15, 0.2) is 4.34 Å². The van der Waals surface area contributed by atoms with E-state index in [9.17, 15) is 22.9 Å². The molecule has 2 rings (SSSR count). The maximum Gasteiger partial charge on any atom is 0.300 e. The van der Waals surface area contributed by atoms with Crippen molar-refractivity contribution < 1.29 is 17.7 Å². The molecule has 0 aliphatic heterocycles. The Hall–Kier alpha value is -1.23. The third kappa shape index (κ3) is 3.51. The molecular formula is C10H5BrClFN2O4S2. The number of hydrogen-bond acceptors (Lipinski definition) is 5. The highest BCUT2D eigenvalue weighted by Gasteiger charge is 2.26. The minimum absolute atomic E-state index is 0.268. The lowest BCUT2D eigenvalue weighted by Gasteiger charge is -2.07. The average molecular weight is 416 g/mol. The number of nitrogens with one attached hydrogen (secondary N) is 1. The summed E-state index contributed by atoms with van der Waals surface area (Å²) >= 11 is 9.21. The van der Waals surface area contributed by atoms with Gasteiger partial charge in [-0.3, -0.25) is 14.8 Å². The lowest BCUT2D eigenvalue weighted by Crippen LogP contribution is -2.12. The van der Waals surface area contributed by atoms with Crippen LogP contribution >= 0.6 is 38.9 Å². The third-order valence-corrected chi connectivity index (χ3v) is 5.95. The highest BCUT2D eigenvalue weighted by Crippen LogP contribution is 2.37. The minimum Gasteiger partial charge on any atom is -0.276 e. The van der Waals surface area contributed by atoms with Crippen molar-refractivity contribution in [1.82, 2.24) is 0 Å². The second kappa shape index (κ2) is 5.87. The van der Waals surface area contributed by atoms with Gasteiger partial charge in [-0.05, 0) is 18.2 Å². The largest absolute Gasteiger partial charge is 0.300 e. The summed E-state index contributed by atoms with van der Waals surface area (Å²) in [5.74, 6) is -0.779. The van der Waals surface area contributed by atoms with Crippen molar-refractivity contribution in [1.29, 1.82) is 0 Å². The molecule has 1 heterocycles. The predicted molar refractivity (Wildman–Crippen MR) is 80.9 cm³/mol. The summed E-state index contributed by atoms with van der Waals surface area (Å²) in [5, 5.41) is 10.7. The summed E-state index contributed by atoms with van der Waals surface area (Å²) in [6, 6.07) is 4.54. The quantitative estimate of drug-likeness (QED) is 0.603. The summed E-state index contributed by atoms with van der Waals surface area (Å²) in [7, 11) is -4.17. The Balaban J connectivity index is 2.41. The summed E-state index contributed by atoms with van der Waals surface area (Å²) in [6.07, 6.45) is 0. The second-order valence-electron chi connectivity index (χ2n) is 3.71. The molecule has 0 amide bonds. The van der Waals surface area contributed by atoms with Crippen LogP contribution in [0.2, 0.25) is 4.34 Å². The van der Waals surface area contributed by atoms with E-state index in [0.29, 0.717) is 15.8 Å². The van der Waals surface area contributed by atoms with Crippen LogP contribution in [-0.2, 0) is 10.0 Å². The Morgan fingerprint density at radius 3 is 2.62 bits per heavy atom. The van der Waals surface area contributed by atoms with E-state index in [1.807, 2.05) is 4.72 Å². The number of sulfonamides is 1. The fourth-order valence-electron chi connectivity index (χ4n) is 1.37. The first kappa shape index (κ1) is 16.1. The first-order chi connectivity index (χ1) is 9.70. The Labute approximate surface area is 135 Å². The molecule has 0 spiro atoms. The van der Waals surface area contributed by atoms with Crippen LogP contribution in [0.3, 0.4) is 0 Å². The van der Waals surface area contributed by atoms with Gasteiger partial charge >= 0.3 is 0 Å². The second-order valence-corrected chi connectivity index (χ2v) is 8.19. The van der Waals surface area contributed by atoms with E-state index in [1.54, 1.807) is 0 Å². The van der Waals surface area contributed by atoms with Gasteiger partial charge in [0.25, 0.3) is 15.7 Å². The molecule has 0 radical (unpaired) electrons. The Bertz CT molecular complexity index is 824. The molecule has 0 fully saturated rings. The van der Waals surface area contributed by atoms with Crippen molar-refractivity contribution in [3.8, 4) is 0 Å². The van der Waals surface area contributed by atoms with Crippen LogP contribution in [-0.4, -0.2) is 13.3 Å². The summed E-state index contributed by atoms with van der Waals surface area (Å²) in [6.45, 7) is 0. The molecule has 11 heteroatoms. The van der Waals surface area contributed by atoms with Gasteiger partial charge in [0.2, 0.25) is 0 Å². The first-order valence-electron chi connectivity index (χ1n) is 5.12. The molecule has 112 valence electrons. The van der Waals surface area contributed by atoms with Gasteiger partial charge in [0.1, 0.15) is 10.0 Å². The Morgan fingerprint density at radius 1 is 1.38 bits per heavy atom. The molecule has 1 N–H and O–H groups in total. The molecule has 0 aliphatic rings. The van der Waals surface area contributed by atoms with Crippen molar-refractivity contribution in [2.75, 3.05) is 4.72 Å². The molecule has 0 saturated carbocycles. The van der Waals surface area contributed by atoms with Gasteiger partial charge in [-0.1, -0.05) is 27.5 Å². The van der Waals surface area contributed by atoms with E-state index < -0.39 is 26.5 Å². The zero-order chi connectivity index (χ0) is 15.8. The number of nitro groups is 1. The highest BCUT2D eigenvalue weighted by molar-refractivity contribution is 9.10. The molecule has 0 atom stereocenters. The normalized spacial score (nSPS) is 11.4. The standard InChI is InChI=1S/C10H5BrClFN2O4S2/c11-5-1-2-6(13)7(3-5)14-21(18,19)9-4-8(15(16)17)10(12)20-9/h1-4,14H. The molecule has 0 saturated heterocycles. The summed E-state index contributed by atoms with van der Waals surface area (Å²) in [4.78, 5) is 9.87. The number of halogens is 3. The van der Waals surface area contributed by atoms with Crippen LogP contribution < -0.4 is 4.72 Å². The number of thiophene rings is 1. The fraction of sp³-hybridized carbons (Fsp3) is 0. The molecule has 0 bridgehead atoms. The number of benzene rings is 1. The van der Waals surface area contributed by atoms with Gasteiger partial charge < -0.3 is 0 Å². The van der Waals surface area contributed by atoms with E-state index in [0.717, 1.165) is 12.1 Å². The van der Waals surface area contributed by atoms with Crippen LogP contribution in [0.25, 0.3) is 0 Å². The Morgan fingerprint density at radius 2 is 2.05 bits per heavy atom. The van der Waals surface area contributed by atoms with Crippen molar-refractivity contribution in [2.24, 2.45) is 0 Å². The molecule has 21 heavy (non-hydrogen) atoms. The van der Waals surface area contributed by atoms with Crippen molar-refractivity contribution >= 4 is 60.3 Å². The van der Waals surface area contributed by atoms with E-state index in [2.05, 4.69) is 15.9 Å². The SMILES string of the molecule is O=[N+]([O-])c1cc(S(=O)(=O)Nc2cc(Br)ccc2F)sc1Cl. The third-order valence-electron chi connectivity index (χ3n) is 2.28. The van der Waals surface area contributed by atoms with Crippen LogP contribution in [0.5, 0.6) is 0 Å². The zero-order valence-electron chi connectivity index (χ0n) is 9.84. The maximum absolute atomic E-state index is 13.5. The molecular weight excluding hydrogens is 411 g/mol. The van der Waals surface area contributed by atoms with Gasteiger partial charge in [-0.15, -0.1) is 11.3 Å². The first-order valence-corrected chi connectivity index (χ1v) is 8.59. The van der Waals surface area contributed by atoms with Crippen molar-refractivity contribution in [3.63, 3.8) is 0 Å². The van der Waals surface area contributed by atoms with Crippen molar-refractivity contribution in [2.45, 2.75) is 4.21 Å². The van der Waals surface area contributed by atoms with E-state index >= 15 is 0 Å². The molecule has 6 nitrogen and oxygen atoms in total. The smallest absolute Gasteiger partial charge is 0.276 e. The van der Waals surface area contributed by atoms with Gasteiger partial charge in [-0.2, -0.15) is 0 Å². The molecule has 0 unspecified atom stereocenters. The molecule has 1 aromatic heterocycles. The van der Waals surface area contributed by atoms with Gasteiger partial charge in [0, 0.05) is 10.5 Å². The number of rotatable bonds is 4. The lowest BCUT2D eigenvalue weighted by atomic mass is 10.3. The summed E-state index contributed by atoms with van der Waals surface area (Å²) in [5.41, 5.74) is -0.798. The minimum atomic E-state index is -4.17.